The standard InChI is InChI=1S/C13H14N2O3S2/c1-10-2-4-11(5-3-10)20(17,18)9-6-12(16)15-13-14-7-8-19-13/h2-5,7-8H,6,9H2,1H3,(H,14,15,16). The van der Waals surface area contributed by atoms with Crippen molar-refractivity contribution in [2.75, 3.05) is 11.1 Å². The van der Waals surface area contributed by atoms with E-state index in [4.69, 9.17) is 0 Å². The molecule has 1 aromatic heterocycles. The maximum atomic E-state index is 12.1. The summed E-state index contributed by atoms with van der Waals surface area (Å²) in [5.74, 6) is -0.566. The summed E-state index contributed by atoms with van der Waals surface area (Å²) < 4.78 is 24.1. The van der Waals surface area contributed by atoms with Gasteiger partial charge in [-0.3, -0.25) is 4.79 Å². The Bertz CT molecular complexity index is 677. The molecule has 0 radical (unpaired) electrons. The summed E-state index contributed by atoms with van der Waals surface area (Å²) in [6.45, 7) is 1.89. The van der Waals surface area contributed by atoms with E-state index in [2.05, 4.69) is 10.3 Å². The van der Waals surface area contributed by atoms with Crippen molar-refractivity contribution in [1.82, 2.24) is 4.98 Å². The van der Waals surface area contributed by atoms with E-state index in [0.717, 1.165) is 5.56 Å². The average Bonchev–Trinajstić information content (AvgIpc) is 2.90. The molecule has 106 valence electrons. The van der Waals surface area contributed by atoms with Gasteiger partial charge in [0.15, 0.2) is 15.0 Å². The van der Waals surface area contributed by atoms with Crippen LogP contribution in [0.5, 0.6) is 0 Å². The number of amides is 1. The maximum absolute atomic E-state index is 12.1. The normalized spacial score (nSPS) is 11.2. The molecule has 2 aromatic rings. The van der Waals surface area contributed by atoms with E-state index in [9.17, 15) is 13.2 Å². The lowest BCUT2D eigenvalue weighted by molar-refractivity contribution is -0.115. The van der Waals surface area contributed by atoms with Crippen LogP contribution in [0.25, 0.3) is 0 Å². The molecular weight excluding hydrogens is 296 g/mol. The molecule has 0 spiro atoms. The van der Waals surface area contributed by atoms with Gasteiger partial charge in [-0.2, -0.15) is 0 Å². The highest BCUT2D eigenvalue weighted by Crippen LogP contribution is 2.14. The number of aryl methyl sites for hydroxylation is 1. The van der Waals surface area contributed by atoms with Crippen LogP contribution < -0.4 is 5.32 Å². The third-order valence-corrected chi connectivity index (χ3v) is 5.08. The highest BCUT2D eigenvalue weighted by Gasteiger charge is 2.16. The molecule has 0 atom stereocenters. The molecule has 1 aromatic carbocycles. The minimum Gasteiger partial charge on any atom is -0.302 e. The van der Waals surface area contributed by atoms with Gasteiger partial charge in [-0.05, 0) is 19.1 Å². The fraction of sp³-hybridized carbons (Fsp3) is 0.231. The van der Waals surface area contributed by atoms with E-state index in [0.29, 0.717) is 5.13 Å². The monoisotopic (exact) mass is 310 g/mol. The molecule has 0 aliphatic heterocycles. The van der Waals surface area contributed by atoms with Crippen LogP contribution in [-0.2, 0) is 14.6 Å². The van der Waals surface area contributed by atoms with Gasteiger partial charge in [-0.1, -0.05) is 17.7 Å². The van der Waals surface area contributed by atoms with Gasteiger partial charge in [0.1, 0.15) is 0 Å². The lowest BCUT2D eigenvalue weighted by Crippen LogP contribution is -2.17. The number of thiazole rings is 1. The minimum atomic E-state index is -3.43. The largest absolute Gasteiger partial charge is 0.302 e. The zero-order valence-corrected chi connectivity index (χ0v) is 12.5. The van der Waals surface area contributed by atoms with Gasteiger partial charge in [0.05, 0.1) is 10.6 Å². The quantitative estimate of drug-likeness (QED) is 0.919. The molecule has 1 amide bonds. The first kappa shape index (κ1) is 14.7. The smallest absolute Gasteiger partial charge is 0.227 e. The van der Waals surface area contributed by atoms with Gasteiger partial charge >= 0.3 is 0 Å². The molecule has 5 nitrogen and oxygen atoms in total. The Hall–Kier alpha value is -1.73. The number of sulfone groups is 1. The van der Waals surface area contributed by atoms with Crippen LogP contribution in [0.3, 0.4) is 0 Å². The average molecular weight is 310 g/mol. The summed E-state index contributed by atoms with van der Waals surface area (Å²) in [5.41, 5.74) is 0.991. The van der Waals surface area contributed by atoms with Gasteiger partial charge in [0, 0.05) is 18.0 Å². The van der Waals surface area contributed by atoms with E-state index in [-0.39, 0.29) is 23.0 Å². The zero-order chi connectivity index (χ0) is 14.6. The number of nitrogens with one attached hydrogen (secondary N) is 1. The van der Waals surface area contributed by atoms with Crippen LogP contribution in [0.1, 0.15) is 12.0 Å². The molecule has 0 saturated heterocycles. The first-order valence-corrected chi connectivity index (χ1v) is 8.49. The number of nitrogens with zero attached hydrogens (tertiary/aromatic N) is 1. The van der Waals surface area contributed by atoms with Gasteiger partial charge in [0.25, 0.3) is 0 Å². The Labute approximate surface area is 121 Å². The third kappa shape index (κ3) is 3.88. The third-order valence-electron chi connectivity index (χ3n) is 2.66. The zero-order valence-electron chi connectivity index (χ0n) is 10.9. The molecule has 0 saturated carbocycles. The van der Waals surface area contributed by atoms with Gasteiger partial charge in [-0.25, -0.2) is 13.4 Å². The molecule has 0 bridgehead atoms. The molecule has 20 heavy (non-hydrogen) atoms. The molecule has 7 heteroatoms. The van der Waals surface area contributed by atoms with Gasteiger partial charge < -0.3 is 5.32 Å². The van der Waals surface area contributed by atoms with E-state index in [1.165, 1.54) is 11.3 Å². The van der Waals surface area contributed by atoms with Crippen molar-refractivity contribution in [3.8, 4) is 0 Å². The van der Waals surface area contributed by atoms with Crippen molar-refractivity contribution in [1.29, 1.82) is 0 Å². The predicted octanol–water partition coefficient (Wildman–Crippen LogP) is 2.25. The van der Waals surface area contributed by atoms with Crippen LogP contribution in [0, 0.1) is 6.92 Å². The number of rotatable bonds is 5. The van der Waals surface area contributed by atoms with Crippen molar-refractivity contribution in [2.24, 2.45) is 0 Å². The Balaban J connectivity index is 1.95. The molecule has 1 heterocycles. The van der Waals surface area contributed by atoms with Gasteiger partial charge in [0.2, 0.25) is 5.91 Å². The van der Waals surface area contributed by atoms with E-state index < -0.39 is 9.84 Å². The van der Waals surface area contributed by atoms with Crippen molar-refractivity contribution in [3.63, 3.8) is 0 Å². The van der Waals surface area contributed by atoms with Crippen LogP contribution in [-0.4, -0.2) is 25.1 Å². The number of hydrogen-bond donors (Lipinski definition) is 1. The first-order valence-electron chi connectivity index (χ1n) is 5.96. The number of hydrogen-bond acceptors (Lipinski definition) is 5. The summed E-state index contributed by atoms with van der Waals surface area (Å²) >= 11 is 1.29. The highest BCUT2D eigenvalue weighted by atomic mass is 32.2. The molecule has 0 aliphatic carbocycles. The lowest BCUT2D eigenvalue weighted by Gasteiger charge is -2.05. The lowest BCUT2D eigenvalue weighted by atomic mass is 10.2. The molecule has 1 N–H and O–H groups in total. The molecule has 0 aliphatic rings. The van der Waals surface area contributed by atoms with Gasteiger partial charge in [-0.15, -0.1) is 11.3 Å². The minimum absolute atomic E-state index is 0.0875. The number of carbonyl (C=O) groups is 1. The van der Waals surface area contributed by atoms with Crippen molar-refractivity contribution >= 4 is 32.2 Å². The van der Waals surface area contributed by atoms with E-state index in [1.54, 1.807) is 35.8 Å². The summed E-state index contributed by atoms with van der Waals surface area (Å²) in [6.07, 6.45) is 1.49. The predicted molar refractivity (Wildman–Crippen MR) is 78.6 cm³/mol. The second kappa shape index (κ2) is 6.15. The number of anilines is 1. The summed E-state index contributed by atoms with van der Waals surface area (Å²) in [6, 6.07) is 6.60. The van der Waals surface area contributed by atoms with Crippen LogP contribution >= 0.6 is 11.3 Å². The highest BCUT2D eigenvalue weighted by molar-refractivity contribution is 7.91. The van der Waals surface area contributed by atoms with Crippen LogP contribution in [0.2, 0.25) is 0 Å². The fourth-order valence-electron chi connectivity index (χ4n) is 1.56. The fourth-order valence-corrected chi connectivity index (χ4v) is 3.34. The Morgan fingerprint density at radius 2 is 2.00 bits per heavy atom. The SMILES string of the molecule is Cc1ccc(S(=O)(=O)CCC(=O)Nc2nccs2)cc1. The second-order valence-electron chi connectivity index (χ2n) is 4.27. The summed E-state index contributed by atoms with van der Waals surface area (Å²) in [5, 5.41) is 4.77. The number of carbonyl (C=O) groups excluding carboxylic acids is 1. The Morgan fingerprint density at radius 3 is 2.60 bits per heavy atom. The molecular formula is C13H14N2O3S2. The summed E-state index contributed by atoms with van der Waals surface area (Å²) in [7, 11) is -3.43. The van der Waals surface area contributed by atoms with E-state index in [1.807, 2.05) is 6.92 Å². The number of aromatic nitrogens is 1. The topological polar surface area (TPSA) is 76.1 Å². The summed E-state index contributed by atoms with van der Waals surface area (Å²) in [4.78, 5) is 15.8. The van der Waals surface area contributed by atoms with Crippen molar-refractivity contribution in [2.45, 2.75) is 18.2 Å². The first-order chi connectivity index (χ1) is 9.47. The second-order valence-corrected chi connectivity index (χ2v) is 7.27. The Morgan fingerprint density at radius 1 is 1.30 bits per heavy atom. The number of benzene rings is 1. The maximum Gasteiger partial charge on any atom is 0.227 e. The molecule has 0 unspecified atom stereocenters. The van der Waals surface area contributed by atoms with Crippen molar-refractivity contribution < 1.29 is 13.2 Å². The van der Waals surface area contributed by atoms with E-state index >= 15 is 0 Å². The molecule has 2 rings (SSSR count). The Kier molecular flexibility index (Phi) is 4.51. The molecule has 0 fully saturated rings. The van der Waals surface area contributed by atoms with Crippen LogP contribution in [0.15, 0.2) is 40.7 Å². The van der Waals surface area contributed by atoms with Crippen LogP contribution in [0.4, 0.5) is 5.13 Å². The van der Waals surface area contributed by atoms with Crippen molar-refractivity contribution in [3.05, 3.63) is 41.4 Å².